The zero-order chi connectivity index (χ0) is 31.6. The summed E-state index contributed by atoms with van der Waals surface area (Å²) in [5.74, 6) is -1.26. The van der Waals surface area contributed by atoms with Crippen LogP contribution in [0.1, 0.15) is 25.3 Å². The highest BCUT2D eigenvalue weighted by atomic mass is 35.5. The lowest BCUT2D eigenvalue weighted by atomic mass is 10.1. The van der Waals surface area contributed by atoms with Crippen molar-refractivity contribution in [3.8, 4) is 11.3 Å². The number of nitrogens with zero attached hydrogens (tertiary/aromatic N) is 4. The molecule has 4 rings (SSSR count). The van der Waals surface area contributed by atoms with Crippen LogP contribution in [0.2, 0.25) is 5.02 Å². The van der Waals surface area contributed by atoms with Gasteiger partial charge in [-0.1, -0.05) is 59.2 Å². The van der Waals surface area contributed by atoms with E-state index in [1.807, 2.05) is 30.3 Å². The van der Waals surface area contributed by atoms with Crippen molar-refractivity contribution >= 4 is 41.5 Å². The van der Waals surface area contributed by atoms with Crippen molar-refractivity contribution in [2.45, 2.75) is 32.4 Å². The van der Waals surface area contributed by atoms with Crippen LogP contribution in [0, 0.1) is 5.82 Å². The van der Waals surface area contributed by atoms with Gasteiger partial charge in [0, 0.05) is 57.7 Å². The summed E-state index contributed by atoms with van der Waals surface area (Å²) in [5.41, 5.74) is 4.60. The number of benzene rings is 2. The first kappa shape index (κ1) is 32.2. The second-order valence-corrected chi connectivity index (χ2v) is 10.3. The number of ether oxygens (including phenoxy) is 1. The lowest BCUT2D eigenvalue weighted by molar-refractivity contribution is -0.139. The molecule has 0 aliphatic carbocycles. The maximum atomic E-state index is 14.0. The summed E-state index contributed by atoms with van der Waals surface area (Å²) in [6.07, 6.45) is -1.85. The highest BCUT2D eigenvalue weighted by Crippen LogP contribution is 2.22. The number of carbonyl (C=O) groups excluding carboxylic acids is 3. The number of hydrogen-bond donors (Lipinski definition) is 3. The van der Waals surface area contributed by atoms with Crippen LogP contribution in [0.5, 0.6) is 0 Å². The fourth-order valence-corrected chi connectivity index (χ4v) is 4.82. The number of carboxylic acid groups (broad SMARTS) is 1. The molecule has 2 aromatic carbocycles. The van der Waals surface area contributed by atoms with E-state index in [1.54, 1.807) is 11.0 Å². The van der Waals surface area contributed by atoms with Crippen LogP contribution in [-0.4, -0.2) is 87.9 Å². The molecule has 2 heterocycles. The summed E-state index contributed by atoms with van der Waals surface area (Å²) < 4.78 is 24.6. The molecule has 0 unspecified atom stereocenters. The van der Waals surface area contributed by atoms with Gasteiger partial charge < -0.3 is 24.2 Å². The van der Waals surface area contributed by atoms with E-state index in [2.05, 4.69) is 15.9 Å². The second kappa shape index (κ2) is 15.2. The fourth-order valence-electron chi connectivity index (χ4n) is 4.62. The molecule has 1 aromatic heterocycles. The van der Waals surface area contributed by atoms with Crippen molar-refractivity contribution in [2.24, 2.45) is 0 Å². The molecule has 1 saturated heterocycles. The first-order chi connectivity index (χ1) is 21.1. The van der Waals surface area contributed by atoms with Crippen LogP contribution in [0.3, 0.4) is 0 Å². The minimum atomic E-state index is -1.05. The second-order valence-electron chi connectivity index (χ2n) is 9.95. The Hall–Kier alpha value is -4.69. The summed E-state index contributed by atoms with van der Waals surface area (Å²) in [4.78, 5) is 52.3. The van der Waals surface area contributed by atoms with Gasteiger partial charge in [0.05, 0.1) is 11.1 Å². The lowest BCUT2D eigenvalue weighted by Gasteiger charge is -2.34. The smallest absolute Gasteiger partial charge is 0.414 e. The number of halogens is 2. The molecule has 3 N–H and O–H groups in total. The number of nitrogens with one attached hydrogen (secondary N) is 2. The van der Waals surface area contributed by atoms with E-state index in [-0.39, 0.29) is 69.0 Å². The van der Waals surface area contributed by atoms with Crippen molar-refractivity contribution in [1.29, 1.82) is 0 Å². The number of aromatic nitrogens is 1. The van der Waals surface area contributed by atoms with E-state index < -0.39 is 30.0 Å². The van der Waals surface area contributed by atoms with Crippen molar-refractivity contribution in [3.63, 3.8) is 0 Å². The van der Waals surface area contributed by atoms with Gasteiger partial charge in [-0.2, -0.15) is 0 Å². The normalized spacial score (nSPS) is 13.7. The number of rotatable bonds is 11. The number of hydrazine groups is 1. The van der Waals surface area contributed by atoms with Gasteiger partial charge in [-0.05, 0) is 18.1 Å². The molecule has 0 spiro atoms. The number of carbonyl (C=O) groups is 4. The third-order valence-corrected chi connectivity index (χ3v) is 7.41. The number of hydrogen-bond acceptors (Lipinski definition) is 8. The molecular formula is C29H32ClFN6O7. The lowest BCUT2D eigenvalue weighted by Crippen LogP contribution is -2.52. The monoisotopic (exact) mass is 630 g/mol. The Kier molecular flexibility index (Phi) is 11.1. The molecule has 3 aromatic rings. The Morgan fingerprint density at radius 1 is 1.09 bits per heavy atom. The van der Waals surface area contributed by atoms with Crippen LogP contribution >= 0.6 is 11.6 Å². The molecule has 15 heteroatoms. The van der Waals surface area contributed by atoms with Crippen LogP contribution in [0.25, 0.3) is 11.3 Å². The molecule has 4 amide bonds. The van der Waals surface area contributed by atoms with Crippen LogP contribution in [-0.2, 0) is 20.9 Å². The largest absolute Gasteiger partial charge is 0.465 e. The molecule has 13 nitrogen and oxygen atoms in total. The minimum Gasteiger partial charge on any atom is -0.465 e. The van der Waals surface area contributed by atoms with Gasteiger partial charge in [-0.15, -0.1) is 0 Å². The molecule has 44 heavy (non-hydrogen) atoms. The molecule has 234 valence electrons. The predicted octanol–water partition coefficient (Wildman–Crippen LogP) is 4.21. The van der Waals surface area contributed by atoms with Crippen molar-refractivity contribution in [3.05, 3.63) is 71.0 Å². The SMILES string of the molecule is CC(=O)N(NCc1cccc(F)c1Cl)[C@@H](CCC(=O)N1CCN(C(=O)O)CC1)COC(=O)Nc1cc(-c2ccccc2)no1. The van der Waals surface area contributed by atoms with Gasteiger partial charge in [0.1, 0.15) is 18.1 Å². The predicted molar refractivity (Wildman–Crippen MR) is 157 cm³/mol. The van der Waals surface area contributed by atoms with E-state index in [4.69, 9.17) is 26.0 Å². The first-order valence-electron chi connectivity index (χ1n) is 13.8. The Morgan fingerprint density at radius 2 is 1.80 bits per heavy atom. The van der Waals surface area contributed by atoms with E-state index in [0.29, 0.717) is 11.3 Å². The van der Waals surface area contributed by atoms with Crippen molar-refractivity contribution < 1.29 is 37.9 Å². The molecular weight excluding hydrogens is 599 g/mol. The average Bonchev–Trinajstić information content (AvgIpc) is 3.48. The third-order valence-electron chi connectivity index (χ3n) is 6.98. The zero-order valence-corrected chi connectivity index (χ0v) is 24.6. The topological polar surface area (TPSA) is 158 Å². The molecule has 0 saturated carbocycles. The van der Waals surface area contributed by atoms with E-state index in [0.717, 1.165) is 5.56 Å². The van der Waals surface area contributed by atoms with Gasteiger partial charge in [-0.25, -0.2) is 19.4 Å². The van der Waals surface area contributed by atoms with Gasteiger partial charge >= 0.3 is 12.2 Å². The number of amides is 4. The standard InChI is InChI=1S/C29H32ClFN6O7/c1-19(38)37(32-17-21-8-5-9-23(31)27(21)30)22(10-11-26(39)35-12-14-36(15-13-35)29(41)42)18-43-28(40)33-25-16-24(34-44-25)20-6-3-2-4-7-20/h2-9,16,22,32H,10-15,17-18H2,1H3,(H,33,40)(H,41,42)/t22-/m0/s1. The molecule has 1 atom stereocenters. The van der Waals surface area contributed by atoms with Crippen molar-refractivity contribution in [1.82, 2.24) is 25.4 Å². The van der Waals surface area contributed by atoms with Crippen molar-refractivity contribution in [2.75, 3.05) is 38.1 Å². The van der Waals surface area contributed by atoms with E-state index >= 15 is 0 Å². The minimum absolute atomic E-state index is 0.0164. The summed E-state index contributed by atoms with van der Waals surface area (Å²) in [6.45, 7) is 1.82. The fraction of sp³-hybridized carbons (Fsp3) is 0.345. The molecule has 1 aliphatic rings. The van der Waals surface area contributed by atoms with Crippen LogP contribution in [0.4, 0.5) is 19.9 Å². The summed E-state index contributed by atoms with van der Waals surface area (Å²) in [7, 11) is 0. The molecule has 0 bridgehead atoms. The van der Waals surface area contributed by atoms with Crippen LogP contribution < -0.4 is 10.7 Å². The Labute approximate surface area is 257 Å². The number of piperazine rings is 1. The maximum absolute atomic E-state index is 14.0. The van der Waals surface area contributed by atoms with Crippen LogP contribution in [0.15, 0.2) is 59.1 Å². The quantitative estimate of drug-likeness (QED) is 0.264. The van der Waals surface area contributed by atoms with E-state index in [1.165, 1.54) is 35.0 Å². The third kappa shape index (κ3) is 8.67. The molecule has 1 fully saturated rings. The summed E-state index contributed by atoms with van der Waals surface area (Å²) in [6, 6.07) is 14.2. The van der Waals surface area contributed by atoms with Gasteiger partial charge in [0.15, 0.2) is 0 Å². The summed E-state index contributed by atoms with van der Waals surface area (Å²) in [5, 5.41) is 16.7. The summed E-state index contributed by atoms with van der Waals surface area (Å²) >= 11 is 6.07. The molecule has 0 radical (unpaired) electrons. The van der Waals surface area contributed by atoms with Gasteiger partial charge in [0.25, 0.3) is 0 Å². The Morgan fingerprint density at radius 3 is 2.48 bits per heavy atom. The van der Waals surface area contributed by atoms with Gasteiger partial charge in [0.2, 0.25) is 17.7 Å². The average molecular weight is 631 g/mol. The van der Waals surface area contributed by atoms with E-state index in [9.17, 15) is 23.6 Å². The Balaban J connectivity index is 1.41. The highest BCUT2D eigenvalue weighted by Gasteiger charge is 2.28. The molecule has 1 aliphatic heterocycles. The first-order valence-corrected chi connectivity index (χ1v) is 14.2. The Bertz CT molecular complexity index is 1470. The maximum Gasteiger partial charge on any atom is 0.414 e. The highest BCUT2D eigenvalue weighted by molar-refractivity contribution is 6.31. The number of anilines is 1. The van der Waals surface area contributed by atoms with Gasteiger partial charge in [-0.3, -0.25) is 19.9 Å². The zero-order valence-electron chi connectivity index (χ0n) is 23.9.